The highest BCUT2D eigenvalue weighted by Gasteiger charge is 2.15. The number of aromatic amines is 1. The maximum absolute atomic E-state index is 12.8. The molecule has 1 amide bonds. The number of carbonyl (C=O) groups is 1. The van der Waals surface area contributed by atoms with E-state index in [9.17, 15) is 14.3 Å². The molecule has 0 bridgehead atoms. The Morgan fingerprint density at radius 2 is 2.10 bits per heavy atom. The molecule has 2 rings (SSSR count). The quantitative estimate of drug-likeness (QED) is 0.758. The summed E-state index contributed by atoms with van der Waals surface area (Å²) in [4.78, 5) is 11.8. The zero-order chi connectivity index (χ0) is 15.2. The van der Waals surface area contributed by atoms with Crippen molar-refractivity contribution in [1.82, 2.24) is 15.5 Å². The lowest BCUT2D eigenvalue weighted by Crippen LogP contribution is -2.34. The molecule has 0 fully saturated rings. The third kappa shape index (κ3) is 4.68. The number of benzene rings is 1. The van der Waals surface area contributed by atoms with Gasteiger partial charge in [-0.15, -0.1) is 0 Å². The van der Waals surface area contributed by atoms with Crippen molar-refractivity contribution in [3.63, 3.8) is 0 Å². The fourth-order valence-electron chi connectivity index (χ4n) is 2.10. The maximum atomic E-state index is 12.8. The molecule has 2 atom stereocenters. The lowest BCUT2D eigenvalue weighted by molar-refractivity contribution is -0.121. The van der Waals surface area contributed by atoms with E-state index in [4.69, 9.17) is 0 Å². The Bertz CT molecular complexity index is 569. The summed E-state index contributed by atoms with van der Waals surface area (Å²) >= 11 is 0. The number of aromatic nitrogens is 2. The molecule has 21 heavy (non-hydrogen) atoms. The van der Waals surface area contributed by atoms with Crippen molar-refractivity contribution in [2.45, 2.75) is 31.9 Å². The molecule has 0 spiro atoms. The Kier molecular flexibility index (Phi) is 5.05. The molecular formula is C15H18FN3O2. The van der Waals surface area contributed by atoms with Crippen molar-refractivity contribution in [2.75, 3.05) is 0 Å². The Hall–Kier alpha value is -2.21. The number of aliphatic hydroxyl groups excluding tert-OH is 1. The Morgan fingerprint density at radius 3 is 2.71 bits per heavy atom. The largest absolute Gasteiger partial charge is 0.388 e. The van der Waals surface area contributed by atoms with E-state index >= 15 is 0 Å². The number of hydrogen-bond donors (Lipinski definition) is 3. The van der Waals surface area contributed by atoms with Crippen LogP contribution < -0.4 is 5.32 Å². The molecular weight excluding hydrogens is 273 g/mol. The normalized spacial score (nSPS) is 13.7. The van der Waals surface area contributed by atoms with Crippen molar-refractivity contribution in [1.29, 1.82) is 0 Å². The molecule has 112 valence electrons. The first-order chi connectivity index (χ1) is 10.0. The second-order valence-electron chi connectivity index (χ2n) is 5.03. The first-order valence-corrected chi connectivity index (χ1v) is 6.75. The third-order valence-electron chi connectivity index (χ3n) is 3.15. The van der Waals surface area contributed by atoms with Gasteiger partial charge >= 0.3 is 0 Å². The second kappa shape index (κ2) is 6.99. The van der Waals surface area contributed by atoms with Crippen LogP contribution in [0, 0.1) is 5.82 Å². The van der Waals surface area contributed by atoms with Crippen LogP contribution in [0.4, 0.5) is 4.39 Å². The molecule has 0 radical (unpaired) electrons. The van der Waals surface area contributed by atoms with Gasteiger partial charge in [0.1, 0.15) is 5.82 Å². The topological polar surface area (TPSA) is 78.0 Å². The van der Waals surface area contributed by atoms with E-state index in [1.165, 1.54) is 12.1 Å². The molecule has 0 saturated carbocycles. The monoisotopic (exact) mass is 291 g/mol. The van der Waals surface area contributed by atoms with Gasteiger partial charge in [0.2, 0.25) is 5.91 Å². The van der Waals surface area contributed by atoms with E-state index in [0.29, 0.717) is 12.0 Å². The van der Waals surface area contributed by atoms with Gasteiger partial charge < -0.3 is 10.4 Å². The van der Waals surface area contributed by atoms with Gasteiger partial charge in [0, 0.05) is 17.9 Å². The molecule has 0 aliphatic carbocycles. The van der Waals surface area contributed by atoms with Crippen molar-refractivity contribution in [3.8, 4) is 0 Å². The number of amides is 1. The number of H-pyrrole nitrogens is 1. The highest BCUT2D eigenvalue weighted by atomic mass is 19.1. The van der Waals surface area contributed by atoms with Gasteiger partial charge in [0.05, 0.1) is 12.5 Å². The fourth-order valence-corrected chi connectivity index (χ4v) is 2.10. The minimum absolute atomic E-state index is 0.141. The number of halogens is 1. The molecule has 0 saturated heterocycles. The van der Waals surface area contributed by atoms with Gasteiger partial charge in [-0.3, -0.25) is 9.89 Å². The summed E-state index contributed by atoms with van der Waals surface area (Å²) in [6.45, 7) is 1.82. The summed E-state index contributed by atoms with van der Waals surface area (Å²) in [5.41, 5.74) is 1.37. The standard InChI is InChI=1S/C15H18FN3O2/c1-10(18-15(21)9-13-6-7-17-19-13)8-14(20)11-2-4-12(16)5-3-11/h2-7,10,14,20H,8-9H2,1H3,(H,17,19)(H,18,21). The van der Waals surface area contributed by atoms with Gasteiger partial charge in [-0.25, -0.2) is 4.39 Å². The first kappa shape index (κ1) is 15.2. The van der Waals surface area contributed by atoms with Crippen molar-refractivity contribution >= 4 is 5.91 Å². The number of nitrogens with one attached hydrogen (secondary N) is 2. The van der Waals surface area contributed by atoms with Crippen LogP contribution in [-0.4, -0.2) is 27.3 Å². The zero-order valence-electron chi connectivity index (χ0n) is 11.7. The average Bonchev–Trinajstić information content (AvgIpc) is 2.91. The number of hydrogen-bond acceptors (Lipinski definition) is 3. The van der Waals surface area contributed by atoms with Crippen LogP contribution in [0.3, 0.4) is 0 Å². The summed E-state index contributed by atoms with van der Waals surface area (Å²) in [5.74, 6) is -0.482. The molecule has 3 N–H and O–H groups in total. The molecule has 5 nitrogen and oxygen atoms in total. The Labute approximate surface area is 122 Å². The van der Waals surface area contributed by atoms with E-state index in [0.717, 1.165) is 5.69 Å². The number of rotatable bonds is 6. The zero-order valence-corrected chi connectivity index (χ0v) is 11.7. The summed E-state index contributed by atoms with van der Waals surface area (Å²) in [6, 6.07) is 7.23. The molecule has 2 unspecified atom stereocenters. The third-order valence-corrected chi connectivity index (χ3v) is 3.15. The Balaban J connectivity index is 1.82. The first-order valence-electron chi connectivity index (χ1n) is 6.75. The lowest BCUT2D eigenvalue weighted by Gasteiger charge is -2.18. The maximum Gasteiger partial charge on any atom is 0.226 e. The Morgan fingerprint density at radius 1 is 1.38 bits per heavy atom. The van der Waals surface area contributed by atoms with Crippen LogP contribution >= 0.6 is 0 Å². The predicted octanol–water partition coefficient (Wildman–Crippen LogP) is 1.72. The summed E-state index contributed by atoms with van der Waals surface area (Å²) in [6.07, 6.45) is 1.43. The SMILES string of the molecule is CC(CC(O)c1ccc(F)cc1)NC(=O)Cc1ccn[nH]1. The van der Waals surface area contributed by atoms with E-state index < -0.39 is 6.10 Å². The molecule has 6 heteroatoms. The average molecular weight is 291 g/mol. The van der Waals surface area contributed by atoms with Crippen LogP contribution in [0.5, 0.6) is 0 Å². The van der Waals surface area contributed by atoms with E-state index in [1.54, 1.807) is 24.4 Å². The number of aliphatic hydroxyl groups is 1. The van der Waals surface area contributed by atoms with Crippen LogP contribution in [-0.2, 0) is 11.2 Å². The molecule has 1 heterocycles. The molecule has 2 aromatic rings. The summed E-state index contributed by atoms with van der Waals surface area (Å²) in [7, 11) is 0. The highest BCUT2D eigenvalue weighted by Crippen LogP contribution is 2.18. The van der Waals surface area contributed by atoms with Gasteiger partial charge in [0.25, 0.3) is 0 Å². The van der Waals surface area contributed by atoms with Crippen molar-refractivity contribution in [2.24, 2.45) is 0 Å². The highest BCUT2D eigenvalue weighted by molar-refractivity contribution is 5.78. The van der Waals surface area contributed by atoms with Crippen molar-refractivity contribution < 1.29 is 14.3 Å². The second-order valence-corrected chi connectivity index (χ2v) is 5.03. The van der Waals surface area contributed by atoms with Crippen LogP contribution in [0.15, 0.2) is 36.5 Å². The van der Waals surface area contributed by atoms with Gasteiger partial charge in [-0.05, 0) is 37.1 Å². The molecule has 1 aromatic carbocycles. The summed E-state index contributed by atoms with van der Waals surface area (Å²) < 4.78 is 12.8. The van der Waals surface area contributed by atoms with Crippen LogP contribution in [0.2, 0.25) is 0 Å². The fraction of sp³-hybridized carbons (Fsp3) is 0.333. The summed E-state index contributed by atoms with van der Waals surface area (Å²) in [5, 5.41) is 19.4. The lowest BCUT2D eigenvalue weighted by atomic mass is 10.0. The molecule has 0 aliphatic heterocycles. The predicted molar refractivity (Wildman–Crippen MR) is 75.9 cm³/mol. The van der Waals surface area contributed by atoms with Gasteiger partial charge in [-0.2, -0.15) is 5.10 Å². The minimum Gasteiger partial charge on any atom is -0.388 e. The van der Waals surface area contributed by atoms with Crippen LogP contribution in [0.1, 0.15) is 30.7 Å². The van der Waals surface area contributed by atoms with E-state index in [1.807, 2.05) is 6.92 Å². The smallest absolute Gasteiger partial charge is 0.226 e. The van der Waals surface area contributed by atoms with Gasteiger partial charge in [0.15, 0.2) is 0 Å². The van der Waals surface area contributed by atoms with Crippen LogP contribution in [0.25, 0.3) is 0 Å². The number of carbonyl (C=O) groups excluding carboxylic acids is 1. The minimum atomic E-state index is -0.743. The van der Waals surface area contributed by atoms with E-state index in [2.05, 4.69) is 15.5 Å². The number of nitrogens with zero attached hydrogens (tertiary/aromatic N) is 1. The van der Waals surface area contributed by atoms with Gasteiger partial charge in [-0.1, -0.05) is 12.1 Å². The van der Waals surface area contributed by atoms with E-state index in [-0.39, 0.29) is 24.2 Å². The van der Waals surface area contributed by atoms with Crippen molar-refractivity contribution in [3.05, 3.63) is 53.6 Å². The molecule has 1 aromatic heterocycles. The molecule has 0 aliphatic rings.